The Kier molecular flexibility index (Phi) is 7.50. The highest BCUT2D eigenvalue weighted by atomic mass is 32.2. The van der Waals surface area contributed by atoms with Crippen LogP contribution in [0.15, 0.2) is 108 Å². The molecular formula is C29H27FN2O3S. The van der Waals surface area contributed by atoms with Crippen LogP contribution in [-0.4, -0.2) is 20.9 Å². The first-order chi connectivity index (χ1) is 17.3. The lowest BCUT2D eigenvalue weighted by atomic mass is 9.95. The molecule has 0 aliphatic carbocycles. The van der Waals surface area contributed by atoms with E-state index >= 15 is 0 Å². The van der Waals surface area contributed by atoms with E-state index in [2.05, 4.69) is 5.32 Å². The Morgan fingerprint density at radius 1 is 0.833 bits per heavy atom. The van der Waals surface area contributed by atoms with E-state index in [9.17, 15) is 17.6 Å². The Morgan fingerprint density at radius 3 is 2.08 bits per heavy atom. The highest BCUT2D eigenvalue weighted by Gasteiger charge is 2.28. The van der Waals surface area contributed by atoms with Crippen molar-refractivity contribution in [3.05, 3.63) is 131 Å². The van der Waals surface area contributed by atoms with Crippen LogP contribution < -0.4 is 9.62 Å². The monoisotopic (exact) mass is 502 g/mol. The molecule has 4 aromatic rings. The Hall–Kier alpha value is -3.97. The number of aryl methyl sites for hydroxylation is 2. The van der Waals surface area contributed by atoms with Crippen molar-refractivity contribution >= 4 is 21.6 Å². The van der Waals surface area contributed by atoms with Crippen LogP contribution in [0.4, 0.5) is 10.1 Å². The SMILES string of the molecule is Cc1ccc(N(CC(=O)NC(c2ccccc2)c2ccccc2C)S(=O)(=O)c2ccc(F)cc2)cc1. The summed E-state index contributed by atoms with van der Waals surface area (Å²) in [7, 11) is -4.15. The standard InChI is InChI=1S/C29H27FN2O3S/c1-21-12-16-25(17-13-21)32(36(34,35)26-18-14-24(30)15-19-26)20-28(33)31-29(23-9-4-3-5-10-23)27-11-7-6-8-22(27)2/h3-19,29H,20H2,1-2H3,(H,31,33). The average Bonchev–Trinajstić information content (AvgIpc) is 2.88. The molecule has 1 unspecified atom stereocenters. The predicted octanol–water partition coefficient (Wildman–Crippen LogP) is 5.54. The normalized spacial score (nSPS) is 12.1. The molecule has 0 aliphatic heterocycles. The number of hydrogen-bond acceptors (Lipinski definition) is 3. The first-order valence-electron chi connectivity index (χ1n) is 11.5. The van der Waals surface area contributed by atoms with Gasteiger partial charge in [0, 0.05) is 0 Å². The number of hydrogen-bond donors (Lipinski definition) is 1. The number of anilines is 1. The Morgan fingerprint density at radius 2 is 1.44 bits per heavy atom. The fourth-order valence-corrected chi connectivity index (χ4v) is 5.41. The summed E-state index contributed by atoms with van der Waals surface area (Å²) in [5, 5.41) is 3.03. The summed E-state index contributed by atoms with van der Waals surface area (Å²) in [5.41, 5.74) is 4.09. The minimum atomic E-state index is -4.15. The molecule has 0 saturated carbocycles. The number of benzene rings is 4. The predicted molar refractivity (Wildman–Crippen MR) is 140 cm³/mol. The zero-order valence-electron chi connectivity index (χ0n) is 20.1. The molecule has 1 N–H and O–H groups in total. The maximum absolute atomic E-state index is 13.6. The van der Waals surface area contributed by atoms with Gasteiger partial charge < -0.3 is 5.32 Å². The fourth-order valence-electron chi connectivity index (χ4n) is 3.99. The van der Waals surface area contributed by atoms with Crippen LogP contribution >= 0.6 is 0 Å². The maximum atomic E-state index is 13.6. The molecular weight excluding hydrogens is 475 g/mol. The van der Waals surface area contributed by atoms with Gasteiger partial charge in [0.15, 0.2) is 0 Å². The third-order valence-electron chi connectivity index (χ3n) is 5.95. The van der Waals surface area contributed by atoms with E-state index in [1.807, 2.05) is 68.4 Å². The third kappa shape index (κ3) is 5.63. The van der Waals surface area contributed by atoms with Gasteiger partial charge in [0.2, 0.25) is 5.91 Å². The van der Waals surface area contributed by atoms with Gasteiger partial charge in [0.25, 0.3) is 10.0 Å². The van der Waals surface area contributed by atoms with Crippen molar-refractivity contribution in [1.82, 2.24) is 5.32 Å². The molecule has 0 spiro atoms. The van der Waals surface area contributed by atoms with Crippen molar-refractivity contribution in [3.63, 3.8) is 0 Å². The Labute approximate surface area is 211 Å². The van der Waals surface area contributed by atoms with E-state index in [1.54, 1.807) is 24.3 Å². The molecule has 0 aliphatic rings. The number of halogens is 1. The van der Waals surface area contributed by atoms with Crippen LogP contribution in [0.25, 0.3) is 0 Å². The lowest BCUT2D eigenvalue weighted by Crippen LogP contribution is -2.42. The van der Waals surface area contributed by atoms with Gasteiger partial charge in [-0.3, -0.25) is 9.10 Å². The second-order valence-electron chi connectivity index (χ2n) is 8.57. The second-order valence-corrected chi connectivity index (χ2v) is 10.4. The summed E-state index contributed by atoms with van der Waals surface area (Å²) in [6, 6.07) is 28.2. The van der Waals surface area contributed by atoms with E-state index < -0.39 is 34.3 Å². The van der Waals surface area contributed by atoms with Crippen LogP contribution in [0.2, 0.25) is 0 Å². The van der Waals surface area contributed by atoms with Gasteiger partial charge in [0.1, 0.15) is 12.4 Å². The maximum Gasteiger partial charge on any atom is 0.264 e. The van der Waals surface area contributed by atoms with Gasteiger partial charge in [-0.15, -0.1) is 0 Å². The van der Waals surface area contributed by atoms with Crippen molar-refractivity contribution in [3.8, 4) is 0 Å². The summed E-state index contributed by atoms with van der Waals surface area (Å²) < 4.78 is 41.7. The summed E-state index contributed by atoms with van der Waals surface area (Å²) in [4.78, 5) is 13.3. The summed E-state index contributed by atoms with van der Waals surface area (Å²) in [6.07, 6.45) is 0. The van der Waals surface area contributed by atoms with Gasteiger partial charge in [-0.1, -0.05) is 72.3 Å². The fraction of sp³-hybridized carbons (Fsp3) is 0.138. The minimum absolute atomic E-state index is 0.101. The topological polar surface area (TPSA) is 66.5 Å². The zero-order valence-corrected chi connectivity index (χ0v) is 20.9. The van der Waals surface area contributed by atoms with Crippen molar-refractivity contribution in [1.29, 1.82) is 0 Å². The van der Waals surface area contributed by atoms with Crippen molar-refractivity contribution in [2.45, 2.75) is 24.8 Å². The van der Waals surface area contributed by atoms with Crippen LogP contribution in [-0.2, 0) is 14.8 Å². The smallest absolute Gasteiger partial charge is 0.264 e. The molecule has 0 heterocycles. The molecule has 5 nitrogen and oxygen atoms in total. The Balaban J connectivity index is 1.69. The first-order valence-corrected chi connectivity index (χ1v) is 12.9. The van der Waals surface area contributed by atoms with Gasteiger partial charge in [0.05, 0.1) is 16.6 Å². The minimum Gasteiger partial charge on any atom is -0.344 e. The van der Waals surface area contributed by atoms with Crippen LogP contribution in [0.3, 0.4) is 0 Å². The zero-order chi connectivity index (χ0) is 25.7. The number of carbonyl (C=O) groups excluding carboxylic acids is 1. The molecule has 4 aromatic carbocycles. The van der Waals surface area contributed by atoms with E-state index in [-0.39, 0.29) is 4.90 Å². The number of nitrogens with zero attached hydrogens (tertiary/aromatic N) is 1. The molecule has 0 fully saturated rings. The molecule has 7 heteroatoms. The van der Waals surface area contributed by atoms with Gasteiger partial charge in [-0.05, 0) is 66.9 Å². The molecule has 0 bridgehead atoms. The summed E-state index contributed by atoms with van der Waals surface area (Å²) in [6.45, 7) is 3.41. The number of amides is 1. The van der Waals surface area contributed by atoms with E-state index in [4.69, 9.17) is 0 Å². The van der Waals surface area contributed by atoms with E-state index in [0.717, 1.165) is 38.7 Å². The lowest BCUT2D eigenvalue weighted by Gasteiger charge is -2.27. The van der Waals surface area contributed by atoms with E-state index in [1.165, 1.54) is 12.1 Å². The van der Waals surface area contributed by atoms with Crippen molar-refractivity contribution in [2.75, 3.05) is 10.8 Å². The largest absolute Gasteiger partial charge is 0.344 e. The molecule has 0 radical (unpaired) electrons. The molecule has 1 atom stereocenters. The highest BCUT2D eigenvalue weighted by Crippen LogP contribution is 2.27. The van der Waals surface area contributed by atoms with Gasteiger partial charge >= 0.3 is 0 Å². The van der Waals surface area contributed by atoms with Gasteiger partial charge in [-0.2, -0.15) is 0 Å². The van der Waals surface area contributed by atoms with Crippen LogP contribution in [0.5, 0.6) is 0 Å². The summed E-state index contributed by atoms with van der Waals surface area (Å²) in [5.74, 6) is -1.02. The van der Waals surface area contributed by atoms with Crippen molar-refractivity contribution in [2.24, 2.45) is 0 Å². The number of nitrogens with one attached hydrogen (secondary N) is 1. The quantitative estimate of drug-likeness (QED) is 0.344. The van der Waals surface area contributed by atoms with Crippen LogP contribution in [0.1, 0.15) is 28.3 Å². The van der Waals surface area contributed by atoms with E-state index in [0.29, 0.717) is 5.69 Å². The molecule has 1 amide bonds. The van der Waals surface area contributed by atoms with Gasteiger partial charge in [-0.25, -0.2) is 12.8 Å². The molecule has 36 heavy (non-hydrogen) atoms. The third-order valence-corrected chi connectivity index (χ3v) is 7.74. The number of carbonyl (C=O) groups is 1. The highest BCUT2D eigenvalue weighted by molar-refractivity contribution is 7.92. The lowest BCUT2D eigenvalue weighted by molar-refractivity contribution is -0.120. The molecule has 0 saturated heterocycles. The first kappa shape index (κ1) is 25.1. The van der Waals surface area contributed by atoms with Crippen LogP contribution in [0, 0.1) is 19.7 Å². The molecule has 0 aromatic heterocycles. The second kappa shape index (κ2) is 10.7. The van der Waals surface area contributed by atoms with Crippen molar-refractivity contribution < 1.29 is 17.6 Å². The average molecular weight is 503 g/mol. The molecule has 4 rings (SSSR count). The Bertz CT molecular complexity index is 1440. The summed E-state index contributed by atoms with van der Waals surface area (Å²) >= 11 is 0. The number of rotatable bonds is 8. The number of sulfonamides is 1. The molecule has 184 valence electrons.